The van der Waals surface area contributed by atoms with Crippen LogP contribution in [0.1, 0.15) is 79.4 Å². The molecule has 2 N–H and O–H groups in total. The van der Waals surface area contributed by atoms with Gasteiger partial charge in [0.1, 0.15) is 0 Å². The molecule has 4 aliphatic rings. The van der Waals surface area contributed by atoms with Gasteiger partial charge < -0.3 is 38.6 Å². The Morgan fingerprint density at radius 1 is 0.615 bits per heavy atom. The molecule has 2 aromatic rings. The van der Waals surface area contributed by atoms with Crippen molar-refractivity contribution >= 4 is 24.8 Å². The Hall–Kier alpha value is -2.02. The molecule has 0 amide bonds. The van der Waals surface area contributed by atoms with E-state index in [1.54, 1.807) is 14.2 Å². The maximum absolute atomic E-state index is 9.86. The van der Waals surface area contributed by atoms with Crippen molar-refractivity contribution in [3.8, 4) is 23.0 Å². The smallest absolute Gasteiger partial charge is 0.160 e. The highest BCUT2D eigenvalue weighted by atomic mass is 35.5. The van der Waals surface area contributed by atoms with Crippen molar-refractivity contribution < 1.29 is 42.7 Å². The second-order valence-electron chi connectivity index (χ2n) is 14.0. The van der Waals surface area contributed by atoms with E-state index in [9.17, 15) is 10.2 Å². The maximum atomic E-state index is 9.86. The Balaban J connectivity index is 0.000000287. The summed E-state index contributed by atoms with van der Waals surface area (Å²) in [4.78, 5) is 4.78. The van der Waals surface area contributed by atoms with Crippen molar-refractivity contribution in [3.05, 3.63) is 47.5 Å². The number of hydrogen-bond acceptors (Lipinski definition) is 10. The first-order valence-electron chi connectivity index (χ1n) is 20.2. The van der Waals surface area contributed by atoms with Gasteiger partial charge in [0.05, 0.1) is 70.2 Å². The number of aliphatic hydroxyl groups is 2. The predicted octanol–water partition coefficient (Wildman–Crippen LogP) is 6.13. The van der Waals surface area contributed by atoms with Crippen LogP contribution in [0.15, 0.2) is 36.3 Å². The normalized spacial score (nSPS) is 27.2. The molecular weight excluding hydrogens is 707 g/mol. The monoisotopic (exact) mass is 773 g/mol. The minimum atomic E-state index is -0.235. The predicted molar refractivity (Wildman–Crippen MR) is 209 cm³/mol. The summed E-state index contributed by atoms with van der Waals surface area (Å²) in [7, 11) is 6.17. The number of rotatable bonds is 14. The molecule has 6 rings (SSSR count). The van der Waals surface area contributed by atoms with E-state index >= 15 is 0 Å². The number of halogens is 2. The lowest BCUT2D eigenvalue weighted by atomic mass is 9.91. The first kappa shape index (κ1) is 39.7. The van der Waals surface area contributed by atoms with Gasteiger partial charge in [-0.3, -0.25) is 9.80 Å². The maximum Gasteiger partial charge on any atom is 0.160 e. The molecule has 0 spiro atoms. The third-order valence-corrected chi connectivity index (χ3v) is 10.7. The average Bonchev–Trinajstić information content (AvgIpc) is 3.82. The van der Waals surface area contributed by atoms with Gasteiger partial charge in [-0.1, -0.05) is 37.8 Å². The zero-order chi connectivity index (χ0) is 37.9. The quantitative estimate of drug-likeness (QED) is 0.234. The summed E-state index contributed by atoms with van der Waals surface area (Å²) in [6.07, 6.45) is 12.2. The second kappa shape index (κ2) is 23.0. The number of likely N-dealkylation sites (tertiary alicyclic amines) is 2. The summed E-state index contributed by atoms with van der Waals surface area (Å²) in [5, 5.41) is 19.7. The SMILES string of the molecule is COc1ccc(CCO[C@@H]2CCCC[C@H]2N2CC[C@@H](O)C2)cc1OC.Cl.Cl.[2H]c1c([2H])c(OC)c(OC)c([2H])c1CCO[C@@H]1CCCC[C@H]1N1CC[C@@H](O)C1. The molecule has 2 aliphatic heterocycles. The molecule has 2 saturated heterocycles. The van der Waals surface area contributed by atoms with Crippen molar-refractivity contribution in [3.63, 3.8) is 0 Å². The highest BCUT2D eigenvalue weighted by Gasteiger charge is 2.35. The molecule has 2 aromatic carbocycles. The third-order valence-electron chi connectivity index (χ3n) is 10.7. The lowest BCUT2D eigenvalue weighted by Crippen LogP contribution is -2.46. The Kier molecular flexibility index (Phi) is 17.6. The van der Waals surface area contributed by atoms with Crippen LogP contribution in [0.2, 0.25) is 0 Å². The minimum Gasteiger partial charge on any atom is -0.493 e. The Labute approximate surface area is 328 Å². The Bertz CT molecular complexity index is 1470. The van der Waals surface area contributed by atoms with E-state index in [4.69, 9.17) is 32.5 Å². The van der Waals surface area contributed by atoms with Crippen LogP contribution in [0.4, 0.5) is 0 Å². The van der Waals surface area contributed by atoms with Gasteiger partial charge >= 0.3 is 0 Å². The molecule has 296 valence electrons. The van der Waals surface area contributed by atoms with Crippen molar-refractivity contribution in [2.45, 2.75) is 114 Å². The summed E-state index contributed by atoms with van der Waals surface area (Å²) >= 11 is 0. The number of nitrogens with zero attached hydrogens (tertiary/aromatic N) is 2. The standard InChI is InChI=1S/2C20H31NO4.2ClH/c2*1-23-19-8-7-15(13-20(19)24-2)10-12-25-18-6-4-3-5-17(18)21-11-9-16(22)14-21;;/h2*7-8,13,16-18,22H,3-6,9-12,14H2,1-2H3;2*1H/t2*16-,17-,18-;;/m11../s1/i7D,8D,13D;;;. The van der Waals surface area contributed by atoms with E-state index < -0.39 is 0 Å². The number of ether oxygens (including phenoxy) is 6. The van der Waals surface area contributed by atoms with Crippen molar-refractivity contribution in [1.82, 2.24) is 9.80 Å². The van der Waals surface area contributed by atoms with Crippen LogP contribution >= 0.6 is 24.8 Å². The molecule has 52 heavy (non-hydrogen) atoms. The van der Waals surface area contributed by atoms with Crippen LogP contribution in [0.3, 0.4) is 0 Å². The van der Waals surface area contributed by atoms with E-state index in [-0.39, 0.29) is 72.8 Å². The molecule has 6 atom stereocenters. The van der Waals surface area contributed by atoms with E-state index in [0.29, 0.717) is 43.4 Å². The highest BCUT2D eigenvalue weighted by molar-refractivity contribution is 5.85. The van der Waals surface area contributed by atoms with Crippen LogP contribution in [-0.4, -0.2) is 124 Å². The second-order valence-corrected chi connectivity index (χ2v) is 14.0. The first-order chi connectivity index (χ1) is 25.7. The van der Waals surface area contributed by atoms with Gasteiger partial charge in [-0.15, -0.1) is 24.8 Å². The summed E-state index contributed by atoms with van der Waals surface area (Å²) in [5.41, 5.74) is 1.65. The number of benzene rings is 2. The van der Waals surface area contributed by atoms with E-state index in [2.05, 4.69) is 15.9 Å². The van der Waals surface area contributed by atoms with Gasteiger partial charge in [0.25, 0.3) is 0 Å². The van der Waals surface area contributed by atoms with E-state index in [1.165, 1.54) is 45.5 Å². The first-order valence-corrected chi connectivity index (χ1v) is 18.7. The molecule has 0 aromatic heterocycles. The molecule has 4 fully saturated rings. The fourth-order valence-corrected chi connectivity index (χ4v) is 8.02. The minimum absolute atomic E-state index is 0. The lowest BCUT2D eigenvalue weighted by molar-refractivity contribution is -0.0317. The van der Waals surface area contributed by atoms with Gasteiger partial charge in [-0.25, -0.2) is 0 Å². The molecule has 0 radical (unpaired) electrons. The number of aliphatic hydroxyl groups excluding tert-OH is 2. The average molecular weight is 775 g/mol. The number of methoxy groups -OCH3 is 4. The zero-order valence-electron chi connectivity index (χ0n) is 34.5. The molecule has 10 nitrogen and oxygen atoms in total. The summed E-state index contributed by atoms with van der Waals surface area (Å²) in [6.45, 7) is 4.55. The summed E-state index contributed by atoms with van der Waals surface area (Å²) in [6, 6.07) is 6.86. The molecule has 0 unspecified atom stereocenters. The van der Waals surface area contributed by atoms with Gasteiger partial charge in [-0.05, 0) is 86.7 Å². The van der Waals surface area contributed by atoms with E-state index in [0.717, 1.165) is 82.6 Å². The molecule has 2 heterocycles. The van der Waals surface area contributed by atoms with Crippen LogP contribution in [0, 0.1) is 0 Å². The topological polar surface area (TPSA) is 102 Å². The molecule has 12 heteroatoms. The van der Waals surface area contributed by atoms with Gasteiger partial charge in [0.2, 0.25) is 0 Å². The van der Waals surface area contributed by atoms with Crippen LogP contribution in [0.5, 0.6) is 23.0 Å². The van der Waals surface area contributed by atoms with Gasteiger partial charge in [0, 0.05) is 38.3 Å². The third kappa shape index (κ3) is 12.5. The Morgan fingerprint density at radius 3 is 1.60 bits per heavy atom. The van der Waals surface area contributed by atoms with E-state index in [1.807, 2.05) is 12.1 Å². The van der Waals surface area contributed by atoms with Crippen molar-refractivity contribution in [1.29, 1.82) is 0 Å². The van der Waals surface area contributed by atoms with Crippen LogP contribution in [-0.2, 0) is 22.3 Å². The largest absolute Gasteiger partial charge is 0.493 e. The fourth-order valence-electron chi connectivity index (χ4n) is 8.02. The summed E-state index contributed by atoms with van der Waals surface area (Å²) < 4.78 is 58.3. The summed E-state index contributed by atoms with van der Waals surface area (Å²) in [5.74, 6) is 1.84. The Morgan fingerprint density at radius 2 is 1.12 bits per heavy atom. The van der Waals surface area contributed by atoms with Crippen LogP contribution in [0.25, 0.3) is 0 Å². The molecule has 2 saturated carbocycles. The molecular formula is C40H64Cl2N2O8. The van der Waals surface area contributed by atoms with Gasteiger partial charge in [0.15, 0.2) is 23.0 Å². The fraction of sp³-hybridized carbons (Fsp3) is 0.700. The number of hydrogen-bond donors (Lipinski definition) is 2. The molecule has 2 aliphatic carbocycles. The van der Waals surface area contributed by atoms with Crippen molar-refractivity contribution in [2.75, 3.05) is 67.8 Å². The van der Waals surface area contributed by atoms with Crippen molar-refractivity contribution in [2.24, 2.45) is 0 Å². The van der Waals surface area contributed by atoms with Gasteiger partial charge in [-0.2, -0.15) is 0 Å². The lowest BCUT2D eigenvalue weighted by Gasteiger charge is -2.37. The number of β-amino-alcohol motifs (C(OH)–C–C–N with tert-alkyl or cyclic N) is 2. The molecule has 0 bridgehead atoms. The zero-order valence-corrected chi connectivity index (χ0v) is 33.1. The highest BCUT2D eigenvalue weighted by Crippen LogP contribution is 2.32. The van der Waals surface area contributed by atoms with Crippen LogP contribution < -0.4 is 18.9 Å².